The second kappa shape index (κ2) is 36.3. The maximum atomic E-state index is 15.5. The fourth-order valence-electron chi connectivity index (χ4n) is 22.1. The van der Waals surface area contributed by atoms with E-state index in [1.54, 1.807) is 0 Å². The molecule has 119 heavy (non-hydrogen) atoms. The van der Waals surface area contributed by atoms with Crippen LogP contribution in [-0.2, 0) is 80.6 Å². The van der Waals surface area contributed by atoms with E-state index in [-0.39, 0.29) is 30.1 Å². The van der Waals surface area contributed by atoms with Gasteiger partial charge in [0.2, 0.25) is 6.29 Å². The number of aliphatic hydroxyl groups is 25. The van der Waals surface area contributed by atoms with Crippen LogP contribution in [0.4, 0.5) is 0 Å². The van der Waals surface area contributed by atoms with Gasteiger partial charge in [-0.15, -0.1) is 0 Å². The van der Waals surface area contributed by atoms with E-state index >= 15 is 4.79 Å². The zero-order valence-electron chi connectivity index (χ0n) is 67.4. The van der Waals surface area contributed by atoms with Crippen molar-refractivity contribution in [3.63, 3.8) is 0 Å². The summed E-state index contributed by atoms with van der Waals surface area (Å²) in [7, 11) is 0. The quantitative estimate of drug-likeness (QED) is 0.0272. The Morgan fingerprint density at radius 3 is 1.45 bits per heavy atom. The van der Waals surface area contributed by atoms with Crippen LogP contribution in [0.5, 0.6) is 0 Å². The Kier molecular flexibility index (Phi) is 28.7. The zero-order valence-corrected chi connectivity index (χ0v) is 67.4. The number of hydrogen-bond donors (Lipinski definition) is 25. The molecule has 8 heterocycles. The molecular weight excluding hydrogens is 1600 g/mol. The lowest BCUT2D eigenvalue weighted by Gasteiger charge is -2.71. The van der Waals surface area contributed by atoms with Crippen LogP contribution in [0.3, 0.4) is 0 Å². The van der Waals surface area contributed by atoms with Gasteiger partial charge in [-0.25, -0.2) is 0 Å². The molecule has 0 bridgehead atoms. The van der Waals surface area contributed by atoms with Crippen molar-refractivity contribution in [1.29, 1.82) is 0 Å². The Hall–Kier alpha value is -2.39. The summed E-state index contributed by atoms with van der Waals surface area (Å²) in [5.41, 5.74) is -3.74. The zero-order chi connectivity index (χ0) is 86.9. The molecule has 42 nitrogen and oxygen atoms in total. The first-order valence-corrected chi connectivity index (χ1v) is 41.3. The molecule has 13 aliphatic rings. The third-order valence-corrected chi connectivity index (χ3v) is 29.4. The SMILES string of the molecule is C[C@@H]1O[C@@H](O[C@H]2[C@H](O)[C@@H](O)[C@H](OC[C@H]3O[C@@H](OC(=O)[C@]45CCC(C)(C)C[C@H]4C4=CC[C@@H]6[C@@]7(C)CC[C@H](O[C@@H]8OC[C@H](O)[C@H](O[C@@H]9O[C@H](CO)[C@@H](O)[C@H](O[C@@H]%10O[C@H](CO)[C@@H](O)[C@H](O)[C@H]%10O[C@@H]%10O[C@H](CO)[C@@H](O)[C@H](O)[C@H]%10O)[C@H]9O)[C@H]8O[C@@H]8O[C@H](CO)[C@@H](O)[C@H](O)[C@H]8O)C(C)(C)[C@@H]7CC[C@@]6(C)[C@]4(C)C[C@H]5O)[C@H](O)[C@@H](O)[C@@H]3O)O[C@@H]2CO)[C@H](O)[C@H](O)[C@H]1O. The molecule has 0 radical (unpaired) electrons. The molecule has 0 unspecified atom stereocenters. The van der Waals surface area contributed by atoms with Crippen molar-refractivity contribution in [3.05, 3.63) is 11.6 Å². The summed E-state index contributed by atoms with van der Waals surface area (Å²) in [6, 6.07) is 0. The summed E-state index contributed by atoms with van der Waals surface area (Å²) in [5, 5.41) is 277. The van der Waals surface area contributed by atoms with E-state index in [1.165, 1.54) is 6.92 Å². The van der Waals surface area contributed by atoms with E-state index in [9.17, 15) is 128 Å². The van der Waals surface area contributed by atoms with Crippen molar-refractivity contribution < 1.29 is 208 Å². The van der Waals surface area contributed by atoms with Crippen molar-refractivity contribution in [2.45, 2.75) is 365 Å². The number of fused-ring (bicyclic) bond motifs is 7. The van der Waals surface area contributed by atoms with E-state index in [2.05, 4.69) is 40.7 Å². The third kappa shape index (κ3) is 16.7. The number of carbonyl (C=O) groups is 1. The first-order chi connectivity index (χ1) is 55.9. The molecule has 686 valence electrons. The predicted octanol–water partition coefficient (Wildman–Crippen LogP) is -10.1. The Bertz CT molecular complexity index is 3400. The van der Waals surface area contributed by atoms with Crippen LogP contribution in [0.2, 0.25) is 0 Å². The number of hydrogen-bond acceptors (Lipinski definition) is 42. The van der Waals surface area contributed by atoms with Crippen LogP contribution in [0.25, 0.3) is 0 Å². The second-order valence-electron chi connectivity index (χ2n) is 37.2. The average molecular weight is 1720 g/mol. The molecule has 0 aromatic rings. The topological polar surface area (TPSA) is 671 Å². The molecule has 8 saturated heterocycles. The highest BCUT2D eigenvalue weighted by Gasteiger charge is 2.73. The van der Waals surface area contributed by atoms with E-state index < -0.39 is 337 Å². The minimum Gasteiger partial charge on any atom is -0.432 e. The maximum Gasteiger partial charge on any atom is 0.317 e. The molecule has 5 aliphatic carbocycles. The summed E-state index contributed by atoms with van der Waals surface area (Å²) < 4.78 is 96.2. The fraction of sp³-hybridized carbons (Fsp3) is 0.961. The predicted molar refractivity (Wildman–Crippen MR) is 387 cm³/mol. The van der Waals surface area contributed by atoms with Crippen molar-refractivity contribution >= 4 is 5.97 Å². The molecule has 4 saturated carbocycles. The molecule has 25 N–H and O–H groups in total. The lowest BCUT2D eigenvalue weighted by atomic mass is 9.33. The van der Waals surface area contributed by atoms with E-state index in [0.29, 0.717) is 44.9 Å². The van der Waals surface area contributed by atoms with Crippen molar-refractivity contribution in [3.8, 4) is 0 Å². The molecule has 0 amide bonds. The van der Waals surface area contributed by atoms with E-state index in [4.69, 9.17) is 75.8 Å². The van der Waals surface area contributed by atoms with Gasteiger partial charge in [0.1, 0.15) is 189 Å². The normalized spacial score (nSPS) is 54.4. The van der Waals surface area contributed by atoms with Gasteiger partial charge >= 0.3 is 5.97 Å². The monoisotopic (exact) mass is 1720 g/mol. The van der Waals surface area contributed by atoms with Gasteiger partial charge < -0.3 is 203 Å². The summed E-state index contributed by atoms with van der Waals surface area (Å²) in [6.45, 7) is 10.2. The molecule has 8 aliphatic heterocycles. The summed E-state index contributed by atoms with van der Waals surface area (Å²) in [4.78, 5) is 15.5. The van der Waals surface area contributed by atoms with Crippen molar-refractivity contribution in [1.82, 2.24) is 0 Å². The highest BCUT2D eigenvalue weighted by molar-refractivity contribution is 5.80. The summed E-state index contributed by atoms with van der Waals surface area (Å²) >= 11 is 0. The van der Waals surface area contributed by atoms with Gasteiger partial charge in [-0.1, -0.05) is 60.1 Å². The standard InChI is InChI=1S/C77H126O42/c1-26-40(85)46(91)52(97)64(106-26)115-59-34(23-82)111-63(56(101)51(59)96)105-25-35-44(89)49(94)55(100)67(112-35)119-71(103)77-16-15-72(2,3)17-28(77)27-9-10-37-74(6)13-12-39(73(4,5)36(74)11-14-75(37,7)76(27,8)18-38(77)84)113-69-62(118-66-54(99)48(93)42(87)31(20-79)108-66)58(29(83)24-104-69)114-68-57(102)60(45(90)33(22-81)109-68)116-70-61(50(95)43(88)32(21-80)110-70)117-65-53(98)47(92)41(86)30(19-78)107-65/h9,26,28-70,78-102H,10-25H2,1-8H3/t26-,28-,29-,30+,31+,32+,33+,34+,35+,36-,37+,38+,39-,40-,41+,42+,43+,44+,45+,46+,47-,48-,49-,50-,51+,52+,53+,54+,55+,56+,57+,58-,59+,60-,61+,62+,63+,64-,65-,66-,67-,68-,69-,70-,74-,75+,76+,77+/m0/s1. The van der Waals surface area contributed by atoms with Crippen molar-refractivity contribution in [2.75, 3.05) is 46.2 Å². The van der Waals surface area contributed by atoms with Crippen LogP contribution in [-0.4, -0.2) is 432 Å². The number of aliphatic hydroxyl groups excluding tert-OH is 25. The van der Waals surface area contributed by atoms with Gasteiger partial charge in [-0.2, -0.15) is 0 Å². The lowest BCUT2D eigenvalue weighted by Crippen LogP contribution is -2.69. The van der Waals surface area contributed by atoms with Gasteiger partial charge in [0, 0.05) is 0 Å². The number of ether oxygens (including phenoxy) is 16. The fourth-order valence-corrected chi connectivity index (χ4v) is 22.1. The van der Waals surface area contributed by atoms with Crippen LogP contribution in [0.15, 0.2) is 11.6 Å². The highest BCUT2D eigenvalue weighted by Crippen LogP contribution is 2.76. The lowest BCUT2D eigenvalue weighted by molar-refractivity contribution is -0.403. The summed E-state index contributed by atoms with van der Waals surface area (Å²) in [6.07, 6.45) is -68.6. The minimum atomic E-state index is -2.24. The van der Waals surface area contributed by atoms with Gasteiger partial charge in [0.05, 0.1) is 64.6 Å². The minimum absolute atomic E-state index is 0.0786. The first kappa shape index (κ1) is 94.2. The van der Waals surface area contributed by atoms with Gasteiger partial charge in [-0.05, 0) is 110 Å². The third-order valence-electron chi connectivity index (χ3n) is 29.4. The molecule has 0 aromatic carbocycles. The van der Waals surface area contributed by atoms with Crippen LogP contribution < -0.4 is 0 Å². The molecular formula is C77H126O42. The maximum absolute atomic E-state index is 15.5. The van der Waals surface area contributed by atoms with Crippen LogP contribution in [0.1, 0.15) is 113 Å². The summed E-state index contributed by atoms with van der Waals surface area (Å²) in [5.74, 6) is -1.83. The molecule has 12 fully saturated rings. The van der Waals surface area contributed by atoms with E-state index in [0.717, 1.165) is 5.57 Å². The molecule has 0 aromatic heterocycles. The number of carbonyl (C=O) groups excluding carboxylic acids is 1. The van der Waals surface area contributed by atoms with Crippen LogP contribution >= 0.6 is 0 Å². The Morgan fingerprint density at radius 1 is 0.403 bits per heavy atom. The van der Waals surface area contributed by atoms with E-state index in [1.807, 2.05) is 13.8 Å². The Morgan fingerprint density at radius 2 is 0.866 bits per heavy atom. The molecule has 0 spiro atoms. The number of esters is 1. The number of allylic oxidation sites excluding steroid dienone is 2. The average Bonchev–Trinajstić information content (AvgIpc) is 0.669. The Balaban J connectivity index is 0.722. The molecule has 13 rings (SSSR count). The van der Waals surface area contributed by atoms with Crippen LogP contribution in [0, 0.1) is 50.2 Å². The van der Waals surface area contributed by atoms with Gasteiger partial charge in [0.25, 0.3) is 0 Å². The van der Waals surface area contributed by atoms with Gasteiger partial charge in [0.15, 0.2) is 44.0 Å². The van der Waals surface area contributed by atoms with Crippen molar-refractivity contribution in [2.24, 2.45) is 50.2 Å². The molecule has 48 atom stereocenters. The largest absolute Gasteiger partial charge is 0.432 e. The van der Waals surface area contributed by atoms with Gasteiger partial charge in [-0.3, -0.25) is 4.79 Å². The second-order valence-corrected chi connectivity index (χ2v) is 37.2. The Labute approximate surface area is 685 Å². The molecule has 42 heteroatoms. The smallest absolute Gasteiger partial charge is 0.317 e. The number of rotatable bonds is 22. The highest BCUT2D eigenvalue weighted by atomic mass is 16.8. The first-order valence-electron chi connectivity index (χ1n) is 41.3.